The first-order chi connectivity index (χ1) is 8.80. The van der Waals surface area contributed by atoms with Crippen LogP contribution in [-0.4, -0.2) is 38.6 Å². The molecule has 1 N–H and O–H groups in total. The predicted octanol–water partition coefficient (Wildman–Crippen LogP) is -0.752. The molecule has 2 saturated heterocycles. The number of rotatable bonds is 4. The number of imide groups is 2. The van der Waals surface area contributed by atoms with Gasteiger partial charge in [0.25, 0.3) is 23.6 Å². The first kappa shape index (κ1) is 13.8. The van der Waals surface area contributed by atoms with Crippen molar-refractivity contribution in [3.8, 4) is 0 Å². The largest absolute Gasteiger partial charge is 0.516 e. The van der Waals surface area contributed by atoms with Crippen molar-refractivity contribution in [1.82, 2.24) is 10.1 Å². The average Bonchev–Trinajstić information content (AvgIpc) is 2.79. The number of hydrogen-bond acceptors (Lipinski definition) is 7. The Morgan fingerprint density at radius 2 is 1.05 bits per heavy atom. The molecule has 0 radical (unpaired) electrons. The first-order valence-electron chi connectivity index (χ1n) is 5.24. The average molecular weight is 292 g/mol. The highest BCUT2D eigenvalue weighted by molar-refractivity contribution is 7.47. The summed E-state index contributed by atoms with van der Waals surface area (Å²) in [6, 6.07) is 0. The smallest absolute Gasteiger partial charge is 0.300 e. The van der Waals surface area contributed by atoms with E-state index in [2.05, 4.69) is 9.25 Å². The molecule has 0 bridgehead atoms. The van der Waals surface area contributed by atoms with Crippen molar-refractivity contribution in [2.24, 2.45) is 0 Å². The molecule has 104 valence electrons. The number of hydrogen-bond donors (Lipinski definition) is 1. The van der Waals surface area contributed by atoms with Gasteiger partial charge in [-0.3, -0.25) is 24.1 Å². The van der Waals surface area contributed by atoms with Crippen LogP contribution in [0.3, 0.4) is 0 Å². The maximum Gasteiger partial charge on any atom is 0.516 e. The summed E-state index contributed by atoms with van der Waals surface area (Å²) in [5.41, 5.74) is 0. The molecule has 2 heterocycles. The molecule has 19 heavy (non-hydrogen) atoms. The standard InChI is InChI=1S/C8H9N2O8P/c11-5-1-2-6(12)9(5)17-19(15,16)18-10-7(13)3-4-8(10)14/h1-4H2,(H,15,16). The van der Waals surface area contributed by atoms with Gasteiger partial charge in [-0.25, -0.2) is 4.57 Å². The molecule has 0 unspecified atom stereocenters. The second kappa shape index (κ2) is 4.82. The van der Waals surface area contributed by atoms with Crippen molar-refractivity contribution in [2.45, 2.75) is 25.7 Å². The van der Waals surface area contributed by atoms with Crippen LogP contribution in [0.4, 0.5) is 0 Å². The molecule has 0 atom stereocenters. The van der Waals surface area contributed by atoms with E-state index < -0.39 is 31.5 Å². The molecule has 2 aliphatic heterocycles. The van der Waals surface area contributed by atoms with Crippen LogP contribution in [0.15, 0.2) is 0 Å². The number of carbonyl (C=O) groups is 4. The molecule has 2 fully saturated rings. The number of hydroxylamine groups is 4. The Morgan fingerprint density at radius 1 is 0.789 bits per heavy atom. The van der Waals surface area contributed by atoms with Crippen molar-refractivity contribution in [1.29, 1.82) is 0 Å². The van der Waals surface area contributed by atoms with Gasteiger partial charge in [0.15, 0.2) is 0 Å². The van der Waals surface area contributed by atoms with Gasteiger partial charge < -0.3 is 0 Å². The van der Waals surface area contributed by atoms with Gasteiger partial charge in [-0.1, -0.05) is 0 Å². The molecule has 0 aromatic heterocycles. The second-order valence-corrected chi connectivity index (χ2v) is 5.06. The summed E-state index contributed by atoms with van der Waals surface area (Å²) in [5, 5.41) is 0.206. The van der Waals surface area contributed by atoms with Crippen LogP contribution in [0.2, 0.25) is 0 Å². The molecule has 10 nitrogen and oxygen atoms in total. The van der Waals surface area contributed by atoms with Crippen LogP contribution < -0.4 is 0 Å². The molecule has 2 aliphatic rings. The fourth-order valence-corrected chi connectivity index (χ4v) is 2.32. The van der Waals surface area contributed by atoms with Gasteiger partial charge in [0.05, 0.1) is 0 Å². The van der Waals surface area contributed by atoms with E-state index in [1.54, 1.807) is 0 Å². The van der Waals surface area contributed by atoms with E-state index in [0.717, 1.165) is 0 Å². The monoisotopic (exact) mass is 292 g/mol. The van der Waals surface area contributed by atoms with E-state index in [4.69, 9.17) is 0 Å². The summed E-state index contributed by atoms with van der Waals surface area (Å²) in [7, 11) is -4.97. The Balaban J connectivity index is 2.04. The third kappa shape index (κ3) is 2.87. The van der Waals surface area contributed by atoms with E-state index >= 15 is 0 Å². The minimum Gasteiger partial charge on any atom is -0.300 e. The van der Waals surface area contributed by atoms with E-state index in [1.807, 2.05) is 0 Å². The van der Waals surface area contributed by atoms with Crippen molar-refractivity contribution in [2.75, 3.05) is 0 Å². The van der Waals surface area contributed by atoms with Crippen LogP contribution in [0.25, 0.3) is 0 Å². The Bertz CT molecular complexity index is 443. The first-order valence-corrected chi connectivity index (χ1v) is 6.73. The molecule has 0 aliphatic carbocycles. The van der Waals surface area contributed by atoms with E-state index in [9.17, 15) is 28.6 Å². The van der Waals surface area contributed by atoms with Gasteiger partial charge in [-0.15, -0.1) is 10.1 Å². The Hall–Kier alpha value is -1.61. The lowest BCUT2D eigenvalue weighted by Gasteiger charge is -2.20. The van der Waals surface area contributed by atoms with Gasteiger partial charge in [0.1, 0.15) is 0 Å². The Kier molecular flexibility index (Phi) is 3.50. The van der Waals surface area contributed by atoms with Crippen molar-refractivity contribution in [3.63, 3.8) is 0 Å². The van der Waals surface area contributed by atoms with E-state index in [1.165, 1.54) is 0 Å². The van der Waals surface area contributed by atoms with Gasteiger partial charge in [0, 0.05) is 25.7 Å². The molecule has 11 heteroatoms. The third-order valence-corrected chi connectivity index (χ3v) is 3.12. The lowest BCUT2D eigenvalue weighted by Crippen LogP contribution is -2.32. The SMILES string of the molecule is O=C1CCC(=O)N1OP(=O)(O)ON1C(=O)CCC1=O. The zero-order valence-corrected chi connectivity index (χ0v) is 10.4. The van der Waals surface area contributed by atoms with Gasteiger partial charge >= 0.3 is 7.82 Å². The lowest BCUT2D eigenvalue weighted by molar-refractivity contribution is -0.181. The lowest BCUT2D eigenvalue weighted by atomic mass is 10.4. The van der Waals surface area contributed by atoms with Crippen LogP contribution in [0.1, 0.15) is 25.7 Å². The highest BCUT2D eigenvalue weighted by Gasteiger charge is 2.42. The molecule has 0 aromatic carbocycles. The zero-order chi connectivity index (χ0) is 14.2. The van der Waals surface area contributed by atoms with Gasteiger partial charge in [-0.2, -0.15) is 9.25 Å². The summed E-state index contributed by atoms with van der Waals surface area (Å²) in [6.07, 6.45) is -0.609. The number of nitrogens with zero attached hydrogens (tertiary/aromatic N) is 2. The van der Waals surface area contributed by atoms with Gasteiger partial charge in [-0.05, 0) is 0 Å². The van der Waals surface area contributed by atoms with Crippen LogP contribution >= 0.6 is 7.82 Å². The normalized spacial score (nSPS) is 20.9. The number of phosphoric acid groups is 1. The second-order valence-electron chi connectivity index (χ2n) is 3.80. The van der Waals surface area contributed by atoms with Crippen molar-refractivity contribution in [3.05, 3.63) is 0 Å². The quantitative estimate of drug-likeness (QED) is 0.529. The van der Waals surface area contributed by atoms with Gasteiger partial charge in [0.2, 0.25) is 0 Å². The molecule has 0 spiro atoms. The Morgan fingerprint density at radius 3 is 1.32 bits per heavy atom. The molecule has 0 aromatic rings. The van der Waals surface area contributed by atoms with Crippen LogP contribution in [-0.2, 0) is 33.0 Å². The molecule has 2 rings (SSSR count). The molecule has 4 amide bonds. The molecular formula is C8H9N2O8P. The zero-order valence-electron chi connectivity index (χ0n) is 9.48. The highest BCUT2D eigenvalue weighted by atomic mass is 31.2. The topological polar surface area (TPSA) is 131 Å². The summed E-state index contributed by atoms with van der Waals surface area (Å²) in [4.78, 5) is 54.0. The maximum atomic E-state index is 11.5. The molecular weight excluding hydrogens is 283 g/mol. The van der Waals surface area contributed by atoms with Crippen LogP contribution in [0, 0.1) is 0 Å². The summed E-state index contributed by atoms with van der Waals surface area (Å²) in [6.45, 7) is 0. The summed E-state index contributed by atoms with van der Waals surface area (Å²) < 4.78 is 20.0. The molecule has 0 saturated carbocycles. The third-order valence-electron chi connectivity index (χ3n) is 2.38. The predicted molar refractivity (Wildman–Crippen MR) is 54.2 cm³/mol. The van der Waals surface area contributed by atoms with Crippen molar-refractivity contribution < 1.29 is 37.9 Å². The van der Waals surface area contributed by atoms with Crippen LogP contribution in [0.5, 0.6) is 0 Å². The highest BCUT2D eigenvalue weighted by Crippen LogP contribution is 2.47. The van der Waals surface area contributed by atoms with E-state index in [-0.39, 0.29) is 35.8 Å². The van der Waals surface area contributed by atoms with E-state index in [0.29, 0.717) is 0 Å². The number of carbonyl (C=O) groups excluding carboxylic acids is 4. The minimum atomic E-state index is -4.97. The minimum absolute atomic E-state index is 0.103. The fourth-order valence-electron chi connectivity index (χ4n) is 1.52. The summed E-state index contributed by atoms with van der Waals surface area (Å²) in [5.74, 6) is -3.21. The Labute approximate surface area is 106 Å². The fraction of sp³-hybridized carbons (Fsp3) is 0.500. The number of amides is 4. The van der Waals surface area contributed by atoms with Crippen molar-refractivity contribution >= 4 is 31.5 Å². The summed E-state index contributed by atoms with van der Waals surface area (Å²) >= 11 is 0. The maximum absolute atomic E-state index is 11.5.